The minimum atomic E-state index is -2.96. The van der Waals surface area contributed by atoms with E-state index in [0.29, 0.717) is 13.0 Å². The van der Waals surface area contributed by atoms with Crippen LogP contribution in [-0.2, 0) is 9.84 Å². The molecular weight excluding hydrogens is 272 g/mol. The van der Waals surface area contributed by atoms with Crippen LogP contribution in [0.15, 0.2) is 0 Å². The van der Waals surface area contributed by atoms with Gasteiger partial charge < -0.3 is 10.1 Å². The zero-order chi connectivity index (χ0) is 13.9. The number of aromatic nitrogens is 3. The van der Waals surface area contributed by atoms with Gasteiger partial charge in [0.15, 0.2) is 9.84 Å². The summed E-state index contributed by atoms with van der Waals surface area (Å²) in [6.45, 7) is 2.21. The van der Waals surface area contributed by atoms with E-state index in [4.69, 9.17) is 10.6 Å². The molecule has 10 heteroatoms. The van der Waals surface area contributed by atoms with E-state index in [0.717, 1.165) is 0 Å². The first-order chi connectivity index (χ1) is 9.02. The zero-order valence-corrected chi connectivity index (χ0v) is 11.3. The van der Waals surface area contributed by atoms with Crippen molar-refractivity contribution in [1.29, 1.82) is 0 Å². The van der Waals surface area contributed by atoms with Crippen molar-refractivity contribution in [3.05, 3.63) is 0 Å². The number of hydrogen-bond donors (Lipinski definition) is 3. The normalized spacial score (nSPS) is 21.1. The molecule has 0 bridgehead atoms. The van der Waals surface area contributed by atoms with Crippen LogP contribution in [0.25, 0.3) is 0 Å². The summed E-state index contributed by atoms with van der Waals surface area (Å²) >= 11 is 0. The molecule has 1 fully saturated rings. The number of ether oxygens (including phenoxy) is 1. The number of rotatable bonds is 5. The molecule has 0 aromatic carbocycles. The van der Waals surface area contributed by atoms with Crippen LogP contribution < -0.4 is 21.3 Å². The average Bonchev–Trinajstić information content (AvgIpc) is 2.68. The zero-order valence-electron chi connectivity index (χ0n) is 10.5. The SMILES string of the molecule is CCOc1nc(NN)nc(NC2CCS(=O)(=O)C2)n1. The second kappa shape index (κ2) is 5.53. The molecule has 1 aromatic heterocycles. The highest BCUT2D eigenvalue weighted by Crippen LogP contribution is 2.17. The maximum absolute atomic E-state index is 11.4. The van der Waals surface area contributed by atoms with Gasteiger partial charge in [0, 0.05) is 6.04 Å². The molecule has 9 nitrogen and oxygen atoms in total. The van der Waals surface area contributed by atoms with Gasteiger partial charge in [0.25, 0.3) is 0 Å². The Bertz CT molecular complexity index is 549. The second-order valence-electron chi connectivity index (χ2n) is 4.09. The number of nitrogen functional groups attached to an aromatic ring is 1. The lowest BCUT2D eigenvalue weighted by Crippen LogP contribution is -2.23. The number of anilines is 2. The monoisotopic (exact) mass is 288 g/mol. The van der Waals surface area contributed by atoms with Gasteiger partial charge in [-0.05, 0) is 13.3 Å². The van der Waals surface area contributed by atoms with Crippen LogP contribution in [0.3, 0.4) is 0 Å². The van der Waals surface area contributed by atoms with Gasteiger partial charge in [-0.2, -0.15) is 15.0 Å². The number of nitrogens with one attached hydrogen (secondary N) is 2. The third-order valence-electron chi connectivity index (χ3n) is 2.58. The number of nitrogens with zero attached hydrogens (tertiary/aromatic N) is 3. The van der Waals surface area contributed by atoms with E-state index < -0.39 is 9.84 Å². The molecule has 0 aliphatic carbocycles. The first kappa shape index (κ1) is 13.7. The number of nitrogens with two attached hydrogens (primary N) is 1. The smallest absolute Gasteiger partial charge is 0.323 e. The maximum Gasteiger partial charge on any atom is 0.323 e. The Morgan fingerprint density at radius 2 is 2.11 bits per heavy atom. The summed E-state index contributed by atoms with van der Waals surface area (Å²) in [4.78, 5) is 11.9. The summed E-state index contributed by atoms with van der Waals surface area (Å²) in [7, 11) is -2.96. The average molecular weight is 288 g/mol. The van der Waals surface area contributed by atoms with Crippen molar-refractivity contribution >= 4 is 21.7 Å². The quantitative estimate of drug-likeness (QED) is 0.468. The Balaban J connectivity index is 2.13. The van der Waals surface area contributed by atoms with E-state index in [-0.39, 0.29) is 35.5 Å². The molecule has 1 aliphatic heterocycles. The summed E-state index contributed by atoms with van der Waals surface area (Å²) in [5, 5.41) is 2.95. The Kier molecular flexibility index (Phi) is 4.00. The van der Waals surface area contributed by atoms with E-state index in [1.807, 2.05) is 0 Å². The van der Waals surface area contributed by atoms with Crippen LogP contribution in [0, 0.1) is 0 Å². The van der Waals surface area contributed by atoms with Crippen molar-refractivity contribution < 1.29 is 13.2 Å². The van der Waals surface area contributed by atoms with Gasteiger partial charge in [-0.25, -0.2) is 14.3 Å². The molecule has 4 N–H and O–H groups in total. The highest BCUT2D eigenvalue weighted by Gasteiger charge is 2.28. The Morgan fingerprint density at radius 1 is 1.37 bits per heavy atom. The lowest BCUT2D eigenvalue weighted by molar-refractivity contribution is 0.312. The molecule has 2 rings (SSSR count). The van der Waals surface area contributed by atoms with E-state index >= 15 is 0 Å². The summed E-state index contributed by atoms with van der Waals surface area (Å²) in [5.74, 6) is 5.91. The summed E-state index contributed by atoms with van der Waals surface area (Å²) in [6.07, 6.45) is 0.531. The standard InChI is InChI=1S/C9H16N6O3S/c1-2-18-9-13-7(12-8(14-9)15-10)11-6-3-4-19(16,17)5-6/h6H,2-5,10H2,1H3,(H2,11,12,13,14,15). The van der Waals surface area contributed by atoms with E-state index in [2.05, 4.69) is 25.7 Å². The Hall–Kier alpha value is -1.68. The van der Waals surface area contributed by atoms with Gasteiger partial charge in [-0.1, -0.05) is 0 Å². The first-order valence-electron chi connectivity index (χ1n) is 5.85. The molecule has 106 valence electrons. The number of hydrogen-bond acceptors (Lipinski definition) is 9. The molecule has 0 saturated carbocycles. The predicted molar refractivity (Wildman–Crippen MR) is 69.5 cm³/mol. The van der Waals surface area contributed by atoms with E-state index in [1.165, 1.54) is 0 Å². The fourth-order valence-corrected chi connectivity index (χ4v) is 3.44. The van der Waals surface area contributed by atoms with Crippen LogP contribution in [0.5, 0.6) is 6.01 Å². The molecule has 1 atom stereocenters. The lowest BCUT2D eigenvalue weighted by atomic mass is 10.3. The van der Waals surface area contributed by atoms with Gasteiger partial charge in [0.05, 0.1) is 18.1 Å². The van der Waals surface area contributed by atoms with Gasteiger partial charge in [0.2, 0.25) is 11.9 Å². The molecule has 1 aliphatic rings. The Labute approximate surface area is 110 Å². The van der Waals surface area contributed by atoms with Crippen molar-refractivity contribution in [2.45, 2.75) is 19.4 Å². The van der Waals surface area contributed by atoms with E-state index in [9.17, 15) is 8.42 Å². The topological polar surface area (TPSA) is 132 Å². The highest BCUT2D eigenvalue weighted by atomic mass is 32.2. The number of hydrazine groups is 1. The summed E-state index contributed by atoms with van der Waals surface area (Å²) < 4.78 is 27.9. The lowest BCUT2D eigenvalue weighted by Gasteiger charge is -2.12. The molecule has 0 radical (unpaired) electrons. The molecule has 19 heavy (non-hydrogen) atoms. The van der Waals surface area contributed by atoms with Crippen molar-refractivity contribution in [2.75, 3.05) is 28.9 Å². The summed E-state index contributed by atoms with van der Waals surface area (Å²) in [6, 6.07) is -0.0682. The maximum atomic E-state index is 11.4. The van der Waals surface area contributed by atoms with Crippen molar-refractivity contribution in [3.8, 4) is 6.01 Å². The molecule has 1 saturated heterocycles. The van der Waals surface area contributed by atoms with Crippen LogP contribution in [0.2, 0.25) is 0 Å². The van der Waals surface area contributed by atoms with Crippen LogP contribution in [-0.4, -0.2) is 47.5 Å². The van der Waals surface area contributed by atoms with Crippen molar-refractivity contribution in [2.24, 2.45) is 5.84 Å². The van der Waals surface area contributed by atoms with Gasteiger partial charge in [-0.15, -0.1) is 0 Å². The Morgan fingerprint density at radius 3 is 2.68 bits per heavy atom. The highest BCUT2D eigenvalue weighted by molar-refractivity contribution is 7.91. The van der Waals surface area contributed by atoms with Crippen molar-refractivity contribution in [3.63, 3.8) is 0 Å². The fraction of sp³-hybridized carbons (Fsp3) is 0.667. The predicted octanol–water partition coefficient (Wildman–Crippen LogP) is -0.845. The van der Waals surface area contributed by atoms with Crippen LogP contribution in [0.1, 0.15) is 13.3 Å². The molecule has 0 spiro atoms. The minimum absolute atomic E-state index is 0.0774. The summed E-state index contributed by atoms with van der Waals surface area (Å²) in [5.41, 5.74) is 2.31. The van der Waals surface area contributed by atoms with Crippen LogP contribution >= 0.6 is 0 Å². The van der Waals surface area contributed by atoms with Gasteiger partial charge in [0.1, 0.15) is 0 Å². The fourth-order valence-electron chi connectivity index (χ4n) is 1.77. The largest absolute Gasteiger partial charge is 0.464 e. The molecule has 1 aromatic rings. The molecular formula is C9H16N6O3S. The minimum Gasteiger partial charge on any atom is -0.464 e. The van der Waals surface area contributed by atoms with Gasteiger partial charge >= 0.3 is 6.01 Å². The molecule has 0 amide bonds. The van der Waals surface area contributed by atoms with Crippen LogP contribution in [0.4, 0.5) is 11.9 Å². The van der Waals surface area contributed by atoms with Gasteiger partial charge in [-0.3, -0.25) is 5.43 Å². The third kappa shape index (κ3) is 3.64. The molecule has 1 unspecified atom stereocenters. The second-order valence-corrected chi connectivity index (χ2v) is 6.32. The van der Waals surface area contributed by atoms with E-state index in [1.54, 1.807) is 6.92 Å². The first-order valence-corrected chi connectivity index (χ1v) is 7.67. The molecule has 2 heterocycles. The third-order valence-corrected chi connectivity index (χ3v) is 4.35. The number of sulfone groups is 1. The van der Waals surface area contributed by atoms with Crippen molar-refractivity contribution in [1.82, 2.24) is 15.0 Å².